The van der Waals surface area contributed by atoms with Crippen LogP contribution in [0.25, 0.3) is 0 Å². The molecule has 0 bridgehead atoms. The summed E-state index contributed by atoms with van der Waals surface area (Å²) in [6.45, 7) is 3.37. The maximum absolute atomic E-state index is 5.91. The molecule has 1 fully saturated rings. The molecule has 76 valence electrons. The van der Waals surface area contributed by atoms with E-state index in [1.807, 2.05) is 6.07 Å². The zero-order valence-corrected chi connectivity index (χ0v) is 10.5. The van der Waals surface area contributed by atoms with Gasteiger partial charge in [0.05, 0.1) is 18.2 Å². The first-order valence-corrected chi connectivity index (χ1v) is 5.87. The normalized spacial score (nSPS) is 17.1. The van der Waals surface area contributed by atoms with Gasteiger partial charge >= 0.3 is 0 Å². The fraction of sp³-hybridized carbons (Fsp3) is 0.444. The van der Waals surface area contributed by atoms with Gasteiger partial charge in [0.2, 0.25) is 0 Å². The van der Waals surface area contributed by atoms with Crippen molar-refractivity contribution in [2.75, 3.05) is 31.2 Å². The molecule has 0 amide bonds. The number of halogens is 2. The maximum atomic E-state index is 5.91. The van der Waals surface area contributed by atoms with Crippen molar-refractivity contribution in [3.63, 3.8) is 0 Å². The van der Waals surface area contributed by atoms with Gasteiger partial charge in [0.15, 0.2) is 0 Å². The number of rotatable bonds is 1. The molecule has 0 atom stereocenters. The molecule has 2 heterocycles. The molecular weight excluding hydrogens is 314 g/mol. The summed E-state index contributed by atoms with van der Waals surface area (Å²) in [5.41, 5.74) is 0. The molecule has 2 rings (SSSR count). The molecule has 1 aliphatic rings. The van der Waals surface area contributed by atoms with Crippen molar-refractivity contribution < 1.29 is 4.74 Å². The van der Waals surface area contributed by atoms with Crippen LogP contribution in [0.5, 0.6) is 0 Å². The molecule has 0 spiro atoms. The monoisotopic (exact) mass is 324 g/mol. The smallest absolute Gasteiger partial charge is 0.129 e. The molecule has 1 aliphatic heterocycles. The van der Waals surface area contributed by atoms with Gasteiger partial charge in [-0.25, -0.2) is 4.98 Å². The Morgan fingerprint density at radius 3 is 2.79 bits per heavy atom. The Kier molecular flexibility index (Phi) is 3.46. The predicted molar refractivity (Wildman–Crippen MR) is 65.0 cm³/mol. The Hall–Kier alpha value is -0.0700. The Morgan fingerprint density at radius 2 is 2.14 bits per heavy atom. The van der Waals surface area contributed by atoms with Gasteiger partial charge in [-0.05, 0) is 28.7 Å². The zero-order chi connectivity index (χ0) is 9.97. The summed E-state index contributed by atoms with van der Waals surface area (Å²) in [5, 5.41) is 0.711. The fourth-order valence-electron chi connectivity index (χ4n) is 1.37. The van der Waals surface area contributed by atoms with E-state index >= 15 is 0 Å². The average Bonchev–Trinajstić information content (AvgIpc) is 2.23. The first kappa shape index (κ1) is 10.4. The highest BCUT2D eigenvalue weighted by Gasteiger charge is 2.12. The summed E-state index contributed by atoms with van der Waals surface area (Å²) in [4.78, 5) is 6.51. The number of aromatic nitrogens is 1. The van der Waals surface area contributed by atoms with Crippen molar-refractivity contribution in [3.8, 4) is 0 Å². The van der Waals surface area contributed by atoms with Crippen LogP contribution in [0, 0.1) is 3.57 Å². The van der Waals surface area contributed by atoms with Crippen LogP contribution in [0.15, 0.2) is 12.3 Å². The minimum Gasteiger partial charge on any atom is -0.378 e. The van der Waals surface area contributed by atoms with Crippen LogP contribution >= 0.6 is 34.2 Å². The van der Waals surface area contributed by atoms with Gasteiger partial charge in [0.1, 0.15) is 5.82 Å². The van der Waals surface area contributed by atoms with E-state index in [0.29, 0.717) is 5.02 Å². The van der Waals surface area contributed by atoms with Gasteiger partial charge in [0.25, 0.3) is 0 Å². The van der Waals surface area contributed by atoms with Gasteiger partial charge < -0.3 is 9.64 Å². The van der Waals surface area contributed by atoms with E-state index in [4.69, 9.17) is 16.3 Å². The van der Waals surface area contributed by atoms with Gasteiger partial charge in [-0.15, -0.1) is 0 Å². The molecule has 3 nitrogen and oxygen atoms in total. The molecular formula is C9H10ClIN2O. The lowest BCUT2D eigenvalue weighted by Crippen LogP contribution is -2.36. The van der Waals surface area contributed by atoms with E-state index < -0.39 is 0 Å². The third kappa shape index (κ3) is 2.29. The lowest BCUT2D eigenvalue weighted by atomic mass is 10.4. The molecule has 0 radical (unpaired) electrons. The second-order valence-corrected chi connectivity index (χ2v) is 4.63. The van der Waals surface area contributed by atoms with Gasteiger partial charge in [-0.1, -0.05) is 11.6 Å². The first-order chi connectivity index (χ1) is 6.77. The highest BCUT2D eigenvalue weighted by atomic mass is 127. The average molecular weight is 325 g/mol. The summed E-state index contributed by atoms with van der Waals surface area (Å²) in [5.74, 6) is 0.988. The van der Waals surface area contributed by atoms with E-state index in [9.17, 15) is 0 Å². The van der Waals surface area contributed by atoms with Crippen molar-refractivity contribution in [1.29, 1.82) is 0 Å². The number of ether oxygens (including phenoxy) is 1. The minimum atomic E-state index is 0.711. The van der Waals surface area contributed by atoms with Gasteiger partial charge in [-0.3, -0.25) is 0 Å². The molecule has 1 saturated heterocycles. The lowest BCUT2D eigenvalue weighted by Gasteiger charge is -2.27. The molecule has 0 saturated carbocycles. The molecule has 1 aromatic heterocycles. The summed E-state index contributed by atoms with van der Waals surface area (Å²) in [7, 11) is 0. The first-order valence-electron chi connectivity index (χ1n) is 4.41. The van der Waals surface area contributed by atoms with Crippen molar-refractivity contribution in [2.45, 2.75) is 0 Å². The lowest BCUT2D eigenvalue weighted by molar-refractivity contribution is 0.122. The van der Waals surface area contributed by atoms with Crippen LogP contribution < -0.4 is 4.90 Å². The van der Waals surface area contributed by atoms with E-state index in [0.717, 1.165) is 35.7 Å². The topological polar surface area (TPSA) is 25.4 Å². The van der Waals surface area contributed by atoms with E-state index in [-0.39, 0.29) is 0 Å². The Morgan fingerprint density at radius 1 is 1.43 bits per heavy atom. The standard InChI is InChI=1S/C9H10ClIN2O/c10-7-6-12-9(5-8(7)11)13-1-3-14-4-2-13/h5-6H,1-4H2. The van der Waals surface area contributed by atoms with Crippen LogP contribution in [-0.2, 0) is 4.74 Å². The highest BCUT2D eigenvalue weighted by molar-refractivity contribution is 14.1. The molecule has 14 heavy (non-hydrogen) atoms. The Balaban J connectivity index is 2.18. The molecule has 0 unspecified atom stereocenters. The van der Waals surface area contributed by atoms with Crippen molar-refractivity contribution in [3.05, 3.63) is 20.9 Å². The number of pyridine rings is 1. The maximum Gasteiger partial charge on any atom is 0.129 e. The Bertz CT molecular complexity index is 329. The number of anilines is 1. The van der Waals surface area contributed by atoms with E-state index in [2.05, 4.69) is 32.5 Å². The van der Waals surface area contributed by atoms with Crippen LogP contribution in [0.4, 0.5) is 5.82 Å². The third-order valence-electron chi connectivity index (χ3n) is 2.13. The van der Waals surface area contributed by atoms with Gasteiger partial charge in [0, 0.05) is 22.9 Å². The van der Waals surface area contributed by atoms with Crippen LogP contribution in [0.1, 0.15) is 0 Å². The van der Waals surface area contributed by atoms with Crippen molar-refractivity contribution >= 4 is 40.0 Å². The van der Waals surface area contributed by atoms with Crippen LogP contribution in [-0.4, -0.2) is 31.3 Å². The minimum absolute atomic E-state index is 0.711. The quantitative estimate of drug-likeness (QED) is 0.741. The van der Waals surface area contributed by atoms with E-state index in [1.165, 1.54) is 0 Å². The Labute approximate surface area is 102 Å². The number of hydrogen-bond acceptors (Lipinski definition) is 3. The summed E-state index contributed by atoms with van der Waals surface area (Å²) < 4.78 is 6.32. The SMILES string of the molecule is Clc1cnc(N2CCOCC2)cc1I. The van der Waals surface area contributed by atoms with E-state index in [1.54, 1.807) is 6.20 Å². The summed E-state index contributed by atoms with van der Waals surface area (Å²) >= 11 is 8.12. The summed E-state index contributed by atoms with van der Waals surface area (Å²) in [6, 6.07) is 2.01. The second kappa shape index (κ2) is 4.63. The second-order valence-electron chi connectivity index (χ2n) is 3.06. The van der Waals surface area contributed by atoms with Crippen LogP contribution in [0.3, 0.4) is 0 Å². The van der Waals surface area contributed by atoms with Crippen LogP contribution in [0.2, 0.25) is 5.02 Å². The molecule has 0 aliphatic carbocycles. The fourth-order valence-corrected chi connectivity index (χ4v) is 1.89. The molecule has 1 aromatic rings. The predicted octanol–water partition coefficient (Wildman–Crippen LogP) is 2.18. The molecule has 0 aromatic carbocycles. The third-order valence-corrected chi connectivity index (χ3v) is 3.64. The number of morpholine rings is 1. The largest absolute Gasteiger partial charge is 0.378 e. The number of nitrogens with zero attached hydrogens (tertiary/aromatic N) is 2. The van der Waals surface area contributed by atoms with Crippen molar-refractivity contribution in [2.24, 2.45) is 0 Å². The highest BCUT2D eigenvalue weighted by Crippen LogP contribution is 2.22. The molecule has 5 heteroatoms. The zero-order valence-electron chi connectivity index (χ0n) is 7.54. The molecule has 0 N–H and O–H groups in total. The summed E-state index contributed by atoms with van der Waals surface area (Å²) in [6.07, 6.45) is 1.70. The van der Waals surface area contributed by atoms with Crippen molar-refractivity contribution in [1.82, 2.24) is 4.98 Å². The van der Waals surface area contributed by atoms with Gasteiger partial charge in [-0.2, -0.15) is 0 Å². The number of hydrogen-bond donors (Lipinski definition) is 0.